The van der Waals surface area contributed by atoms with Crippen molar-refractivity contribution in [3.63, 3.8) is 0 Å². The van der Waals surface area contributed by atoms with E-state index in [4.69, 9.17) is 21.7 Å². The van der Waals surface area contributed by atoms with Crippen molar-refractivity contribution < 1.29 is 19.1 Å². The van der Waals surface area contributed by atoms with Crippen molar-refractivity contribution in [2.45, 2.75) is 33.2 Å². The molecule has 4 rings (SSSR count). The largest absolute Gasteiger partial charge is 0.494 e. The number of likely N-dealkylation sites (N-methyl/N-ethyl adjacent to an activating group) is 1. The van der Waals surface area contributed by atoms with Crippen LogP contribution in [0.25, 0.3) is 17.0 Å². The quantitative estimate of drug-likeness (QED) is 0.224. The van der Waals surface area contributed by atoms with Gasteiger partial charge in [-0.15, -0.1) is 0 Å². The van der Waals surface area contributed by atoms with E-state index in [2.05, 4.69) is 18.3 Å². The first-order valence-electron chi connectivity index (χ1n) is 12.8. The molecule has 0 unspecified atom stereocenters. The van der Waals surface area contributed by atoms with Crippen LogP contribution in [0.4, 0.5) is 5.69 Å². The minimum Gasteiger partial charge on any atom is -0.494 e. The highest BCUT2D eigenvalue weighted by Gasteiger charge is 2.37. The van der Waals surface area contributed by atoms with E-state index in [1.165, 1.54) is 4.90 Å². The minimum atomic E-state index is -0.204. The smallest absolute Gasteiger partial charge is 0.281 e. The van der Waals surface area contributed by atoms with Crippen molar-refractivity contribution in [1.29, 1.82) is 0 Å². The number of amides is 2. The molecule has 1 aromatic heterocycles. The summed E-state index contributed by atoms with van der Waals surface area (Å²) < 4.78 is 12.6. The van der Waals surface area contributed by atoms with Crippen molar-refractivity contribution in [3.05, 3.63) is 65.5 Å². The first-order valence-corrected chi connectivity index (χ1v) is 13.2. The predicted molar refractivity (Wildman–Crippen MR) is 154 cm³/mol. The fourth-order valence-corrected chi connectivity index (χ4v) is 4.92. The number of thiocarbonyl (C=S) groups is 1. The molecule has 200 valence electrons. The number of hydrogen-bond acceptors (Lipinski definition) is 5. The van der Waals surface area contributed by atoms with Gasteiger partial charge in [-0.1, -0.05) is 25.1 Å². The van der Waals surface area contributed by atoms with Crippen LogP contribution in [0.3, 0.4) is 0 Å². The Bertz CT molecular complexity index is 1360. The third-order valence-electron chi connectivity index (χ3n) is 6.51. The monoisotopic (exact) mass is 534 g/mol. The summed E-state index contributed by atoms with van der Waals surface area (Å²) in [6.07, 6.45) is 5.37. The Balaban J connectivity index is 1.67. The number of aromatic nitrogens is 1. The van der Waals surface area contributed by atoms with Gasteiger partial charge in [0.1, 0.15) is 18.0 Å². The van der Waals surface area contributed by atoms with Gasteiger partial charge in [-0.25, -0.2) is 0 Å². The van der Waals surface area contributed by atoms with Gasteiger partial charge in [0.05, 0.1) is 17.8 Å². The molecule has 1 aliphatic heterocycles. The van der Waals surface area contributed by atoms with E-state index in [1.807, 2.05) is 60.2 Å². The van der Waals surface area contributed by atoms with Crippen LogP contribution in [0, 0.1) is 0 Å². The lowest BCUT2D eigenvalue weighted by atomic mass is 10.1. The first-order chi connectivity index (χ1) is 18.4. The molecule has 1 N–H and O–H groups in total. The maximum absolute atomic E-state index is 13.6. The molecular formula is C29H34N4O4S. The van der Waals surface area contributed by atoms with E-state index in [0.717, 1.165) is 40.6 Å². The van der Waals surface area contributed by atoms with Gasteiger partial charge in [0, 0.05) is 44.5 Å². The second-order valence-corrected chi connectivity index (χ2v) is 9.38. The summed E-state index contributed by atoms with van der Waals surface area (Å²) in [5.41, 5.74) is 4.13. The second-order valence-electron chi connectivity index (χ2n) is 9.01. The molecule has 9 heteroatoms. The molecule has 3 aromatic rings. The van der Waals surface area contributed by atoms with Gasteiger partial charge in [0.2, 0.25) is 5.91 Å². The zero-order valence-electron chi connectivity index (χ0n) is 22.3. The Kier molecular flexibility index (Phi) is 8.81. The number of carbonyl (C=O) groups excluding carboxylic acids is 2. The summed E-state index contributed by atoms with van der Waals surface area (Å²) in [7, 11) is 3.44. The Morgan fingerprint density at radius 2 is 1.89 bits per heavy atom. The number of anilines is 1. The van der Waals surface area contributed by atoms with Crippen LogP contribution in [0.2, 0.25) is 0 Å². The van der Waals surface area contributed by atoms with E-state index in [1.54, 1.807) is 19.1 Å². The van der Waals surface area contributed by atoms with Crippen LogP contribution in [0.1, 0.15) is 31.4 Å². The maximum Gasteiger partial charge on any atom is 0.281 e. The number of benzene rings is 2. The Hall–Kier alpha value is -3.69. The molecule has 2 amide bonds. The number of nitrogens with one attached hydrogen (secondary N) is 1. The third kappa shape index (κ3) is 5.58. The van der Waals surface area contributed by atoms with Gasteiger partial charge in [-0.2, -0.15) is 0 Å². The fraction of sp³-hybridized carbons (Fsp3) is 0.345. The maximum atomic E-state index is 13.6. The molecule has 0 aliphatic carbocycles. The van der Waals surface area contributed by atoms with E-state index in [0.29, 0.717) is 36.3 Å². The topological polar surface area (TPSA) is 76.0 Å². The summed E-state index contributed by atoms with van der Waals surface area (Å²) in [6.45, 7) is 5.93. The molecule has 8 nitrogen and oxygen atoms in total. The van der Waals surface area contributed by atoms with E-state index in [9.17, 15) is 9.59 Å². The number of rotatable bonds is 11. The number of fused-ring (bicyclic) bond motifs is 1. The number of para-hydroxylation sites is 1. The summed E-state index contributed by atoms with van der Waals surface area (Å²) in [5.74, 6) is 0.463. The van der Waals surface area contributed by atoms with Crippen molar-refractivity contribution in [3.8, 4) is 5.75 Å². The van der Waals surface area contributed by atoms with Crippen LogP contribution in [-0.2, 0) is 27.3 Å². The van der Waals surface area contributed by atoms with Crippen molar-refractivity contribution >= 4 is 51.8 Å². The van der Waals surface area contributed by atoms with Crippen LogP contribution in [0.5, 0.6) is 5.75 Å². The zero-order chi connectivity index (χ0) is 27.2. The minimum absolute atomic E-state index is 0.0694. The molecule has 0 saturated carbocycles. The Labute approximate surface area is 228 Å². The van der Waals surface area contributed by atoms with Gasteiger partial charge >= 0.3 is 0 Å². The molecule has 0 spiro atoms. The highest BCUT2D eigenvalue weighted by atomic mass is 32.1. The third-order valence-corrected chi connectivity index (χ3v) is 6.97. The summed E-state index contributed by atoms with van der Waals surface area (Å²) in [5, 5.41) is 4.34. The molecule has 0 atom stereocenters. The van der Waals surface area contributed by atoms with Gasteiger partial charge in [-0.3, -0.25) is 14.5 Å². The molecule has 2 heterocycles. The van der Waals surface area contributed by atoms with Crippen LogP contribution in [-0.4, -0.2) is 60.3 Å². The van der Waals surface area contributed by atoms with Gasteiger partial charge in [0.25, 0.3) is 5.91 Å². The predicted octanol–water partition coefficient (Wildman–Crippen LogP) is 4.36. The van der Waals surface area contributed by atoms with Crippen LogP contribution < -0.4 is 15.0 Å². The number of aryl methyl sites for hydroxylation is 1. The highest BCUT2D eigenvalue weighted by Crippen LogP contribution is 2.32. The SMILES string of the molecule is CCOc1ccc(N2C(=O)/C(=C/c3cn(CC(=O)NCCCOC)c4c(CC)cccc34)N(C)C2=S)cc1. The van der Waals surface area contributed by atoms with E-state index >= 15 is 0 Å². The molecule has 0 bridgehead atoms. The summed E-state index contributed by atoms with van der Waals surface area (Å²) in [6, 6.07) is 13.4. The van der Waals surface area contributed by atoms with Crippen molar-refractivity contribution in [2.75, 3.05) is 38.8 Å². The lowest BCUT2D eigenvalue weighted by Gasteiger charge is -2.16. The molecule has 38 heavy (non-hydrogen) atoms. The standard InChI is InChI=1S/C29H34N4O4S/c1-5-20-9-7-10-24-21(18-32(27(20)24)19-26(34)30-15-8-16-36-4)17-25-28(35)33(29(38)31(25)3)22-11-13-23(14-12-22)37-6-2/h7,9-14,17-18H,5-6,8,15-16,19H2,1-4H3,(H,30,34)/b25-17-. The molecule has 1 fully saturated rings. The number of carbonyl (C=O) groups is 2. The Morgan fingerprint density at radius 1 is 1.13 bits per heavy atom. The molecular weight excluding hydrogens is 500 g/mol. The van der Waals surface area contributed by atoms with Gasteiger partial charge in [0.15, 0.2) is 5.11 Å². The lowest BCUT2D eigenvalue weighted by Crippen LogP contribution is -2.31. The number of nitrogens with zero attached hydrogens (tertiary/aromatic N) is 3. The van der Waals surface area contributed by atoms with Crippen molar-refractivity contribution in [1.82, 2.24) is 14.8 Å². The van der Waals surface area contributed by atoms with Gasteiger partial charge in [-0.05, 0) is 67.9 Å². The average molecular weight is 535 g/mol. The zero-order valence-corrected chi connectivity index (χ0v) is 23.1. The first kappa shape index (κ1) is 27.3. The normalized spacial score (nSPS) is 14.7. The second kappa shape index (κ2) is 12.2. The summed E-state index contributed by atoms with van der Waals surface area (Å²) >= 11 is 5.65. The molecule has 0 radical (unpaired) electrons. The Morgan fingerprint density at radius 3 is 2.58 bits per heavy atom. The number of methoxy groups -OCH3 is 1. The van der Waals surface area contributed by atoms with E-state index in [-0.39, 0.29) is 18.4 Å². The average Bonchev–Trinajstić information content (AvgIpc) is 3.37. The van der Waals surface area contributed by atoms with Crippen molar-refractivity contribution in [2.24, 2.45) is 0 Å². The van der Waals surface area contributed by atoms with Gasteiger partial charge < -0.3 is 24.3 Å². The van der Waals surface area contributed by atoms with Crippen LogP contribution >= 0.6 is 12.2 Å². The molecule has 2 aromatic carbocycles. The molecule has 1 saturated heterocycles. The molecule has 1 aliphatic rings. The number of ether oxygens (including phenoxy) is 2. The number of hydrogen-bond donors (Lipinski definition) is 1. The lowest BCUT2D eigenvalue weighted by molar-refractivity contribution is -0.121. The fourth-order valence-electron chi connectivity index (χ4n) is 4.63. The van der Waals surface area contributed by atoms with E-state index < -0.39 is 0 Å². The summed E-state index contributed by atoms with van der Waals surface area (Å²) in [4.78, 5) is 29.5. The highest BCUT2D eigenvalue weighted by molar-refractivity contribution is 7.80. The van der Waals surface area contributed by atoms with Crippen LogP contribution in [0.15, 0.2) is 54.4 Å².